The van der Waals surface area contributed by atoms with E-state index in [1.54, 1.807) is 0 Å². The topological polar surface area (TPSA) is 0 Å². The van der Waals surface area contributed by atoms with Gasteiger partial charge in [0.25, 0.3) is 0 Å². The summed E-state index contributed by atoms with van der Waals surface area (Å²) < 4.78 is 0. The summed E-state index contributed by atoms with van der Waals surface area (Å²) in [6.45, 7) is 4.76. The third kappa shape index (κ3) is 2.20. The Bertz CT molecular complexity index is 381. The van der Waals surface area contributed by atoms with Crippen molar-refractivity contribution in [3.63, 3.8) is 0 Å². The van der Waals surface area contributed by atoms with Gasteiger partial charge in [0.1, 0.15) is 0 Å². The molecular weight excluding hydrogens is 240 g/mol. The fourth-order valence-corrected chi connectivity index (χ4v) is 5.37. The van der Waals surface area contributed by atoms with E-state index in [4.69, 9.17) is 0 Å². The highest BCUT2D eigenvalue weighted by Crippen LogP contribution is 2.60. The summed E-state index contributed by atoms with van der Waals surface area (Å²) in [6.07, 6.45) is 18.5. The quantitative estimate of drug-likeness (QED) is 0.533. The first-order valence-corrected chi connectivity index (χ1v) is 9.29. The van der Waals surface area contributed by atoms with Crippen LogP contribution in [0.1, 0.15) is 97.3 Å². The molecule has 0 heteroatoms. The SMILES string of the molecule is CCCC1=C2CCCCC2=C(CCC)C12CCCCC2. The van der Waals surface area contributed by atoms with Crippen molar-refractivity contribution in [1.29, 1.82) is 0 Å². The van der Waals surface area contributed by atoms with Crippen molar-refractivity contribution in [3.05, 3.63) is 22.3 Å². The van der Waals surface area contributed by atoms with Crippen LogP contribution in [-0.4, -0.2) is 0 Å². The van der Waals surface area contributed by atoms with Crippen molar-refractivity contribution < 1.29 is 0 Å². The first-order valence-electron chi connectivity index (χ1n) is 9.29. The maximum atomic E-state index is 2.38. The Balaban J connectivity index is 2.06. The minimum Gasteiger partial charge on any atom is -0.0651 e. The smallest absolute Gasteiger partial charge is 0.0132 e. The summed E-state index contributed by atoms with van der Waals surface area (Å²) in [6, 6.07) is 0. The fourth-order valence-electron chi connectivity index (χ4n) is 5.37. The molecule has 112 valence electrons. The second-order valence-corrected chi connectivity index (χ2v) is 7.26. The van der Waals surface area contributed by atoms with Gasteiger partial charge < -0.3 is 0 Å². The maximum Gasteiger partial charge on any atom is 0.0132 e. The lowest BCUT2D eigenvalue weighted by molar-refractivity contribution is 0.278. The number of allylic oxidation sites excluding steroid dienone is 4. The van der Waals surface area contributed by atoms with E-state index in [9.17, 15) is 0 Å². The zero-order chi connectivity index (χ0) is 14.0. The molecule has 0 saturated heterocycles. The molecule has 0 aromatic heterocycles. The molecule has 2 saturated carbocycles. The summed E-state index contributed by atoms with van der Waals surface area (Å²) in [4.78, 5) is 0. The van der Waals surface area contributed by atoms with Gasteiger partial charge in [0.2, 0.25) is 0 Å². The average Bonchev–Trinajstić information content (AvgIpc) is 2.73. The van der Waals surface area contributed by atoms with Crippen molar-refractivity contribution in [2.24, 2.45) is 5.41 Å². The van der Waals surface area contributed by atoms with Crippen molar-refractivity contribution in [2.45, 2.75) is 97.3 Å². The van der Waals surface area contributed by atoms with Crippen LogP contribution in [-0.2, 0) is 0 Å². The summed E-state index contributed by atoms with van der Waals surface area (Å²) >= 11 is 0. The molecule has 0 bridgehead atoms. The van der Waals surface area contributed by atoms with Crippen LogP contribution in [0.3, 0.4) is 0 Å². The molecule has 3 aliphatic rings. The highest BCUT2D eigenvalue weighted by molar-refractivity contribution is 5.54. The number of rotatable bonds is 4. The average molecular weight is 272 g/mol. The van der Waals surface area contributed by atoms with E-state index in [0.29, 0.717) is 5.41 Å². The highest BCUT2D eigenvalue weighted by atomic mass is 14.5. The molecule has 0 N–H and O–H groups in total. The van der Waals surface area contributed by atoms with Crippen LogP contribution in [0.4, 0.5) is 0 Å². The van der Waals surface area contributed by atoms with E-state index in [1.165, 1.54) is 83.5 Å². The number of hydrogen-bond donors (Lipinski definition) is 0. The molecule has 0 amide bonds. The molecule has 20 heavy (non-hydrogen) atoms. The monoisotopic (exact) mass is 272 g/mol. The van der Waals surface area contributed by atoms with Gasteiger partial charge >= 0.3 is 0 Å². The molecule has 0 aromatic rings. The van der Waals surface area contributed by atoms with Crippen LogP contribution in [0, 0.1) is 5.41 Å². The van der Waals surface area contributed by atoms with Crippen LogP contribution in [0.15, 0.2) is 22.3 Å². The Kier molecular flexibility index (Phi) is 4.38. The standard InChI is InChI=1S/C20H32/c1-3-10-18-16-12-6-7-13-17(16)19(11-4-2)20(18)14-8-5-9-15-20/h3-15H2,1-2H3. The Morgan fingerprint density at radius 1 is 0.700 bits per heavy atom. The molecule has 3 aliphatic carbocycles. The summed E-state index contributed by atoms with van der Waals surface area (Å²) in [5.74, 6) is 0. The Morgan fingerprint density at radius 2 is 1.20 bits per heavy atom. The van der Waals surface area contributed by atoms with Gasteiger partial charge in [-0.3, -0.25) is 0 Å². The van der Waals surface area contributed by atoms with E-state index in [-0.39, 0.29) is 0 Å². The maximum absolute atomic E-state index is 2.38. The van der Waals surface area contributed by atoms with Gasteiger partial charge in [-0.2, -0.15) is 0 Å². The Labute approximate surface area is 125 Å². The van der Waals surface area contributed by atoms with Crippen LogP contribution in [0.25, 0.3) is 0 Å². The van der Waals surface area contributed by atoms with E-state index in [0.717, 1.165) is 0 Å². The zero-order valence-electron chi connectivity index (χ0n) is 13.7. The molecule has 0 nitrogen and oxygen atoms in total. The molecule has 0 unspecified atom stereocenters. The van der Waals surface area contributed by atoms with Crippen molar-refractivity contribution in [2.75, 3.05) is 0 Å². The third-order valence-corrected chi connectivity index (χ3v) is 6.06. The molecule has 0 radical (unpaired) electrons. The van der Waals surface area contributed by atoms with Gasteiger partial charge in [0.15, 0.2) is 0 Å². The number of fused-ring (bicyclic) bond motifs is 1. The largest absolute Gasteiger partial charge is 0.0651 e. The summed E-state index contributed by atoms with van der Waals surface area (Å²) in [7, 11) is 0. The first kappa shape index (κ1) is 14.4. The predicted octanol–water partition coefficient (Wildman–Crippen LogP) is 6.72. The van der Waals surface area contributed by atoms with Crippen LogP contribution >= 0.6 is 0 Å². The van der Waals surface area contributed by atoms with Gasteiger partial charge in [0.05, 0.1) is 0 Å². The zero-order valence-corrected chi connectivity index (χ0v) is 13.7. The molecule has 1 spiro atoms. The van der Waals surface area contributed by atoms with Gasteiger partial charge in [-0.25, -0.2) is 0 Å². The lowest BCUT2D eigenvalue weighted by Crippen LogP contribution is -2.27. The van der Waals surface area contributed by atoms with Gasteiger partial charge in [-0.1, -0.05) is 57.1 Å². The predicted molar refractivity (Wildman–Crippen MR) is 87.9 cm³/mol. The third-order valence-electron chi connectivity index (χ3n) is 6.06. The van der Waals surface area contributed by atoms with E-state index in [1.807, 2.05) is 22.3 Å². The van der Waals surface area contributed by atoms with Gasteiger partial charge in [0, 0.05) is 5.41 Å². The molecule has 0 heterocycles. The van der Waals surface area contributed by atoms with Crippen molar-refractivity contribution in [3.8, 4) is 0 Å². The van der Waals surface area contributed by atoms with Crippen molar-refractivity contribution in [1.82, 2.24) is 0 Å². The number of hydrogen-bond acceptors (Lipinski definition) is 0. The highest BCUT2D eigenvalue weighted by Gasteiger charge is 2.45. The second-order valence-electron chi connectivity index (χ2n) is 7.26. The van der Waals surface area contributed by atoms with Crippen LogP contribution < -0.4 is 0 Å². The normalized spacial score (nSPS) is 25.5. The summed E-state index contributed by atoms with van der Waals surface area (Å²) in [5.41, 5.74) is 8.14. The minimum absolute atomic E-state index is 0.555. The van der Waals surface area contributed by atoms with Gasteiger partial charge in [-0.05, 0) is 62.5 Å². The second kappa shape index (κ2) is 6.08. The molecule has 0 aliphatic heterocycles. The van der Waals surface area contributed by atoms with E-state index in [2.05, 4.69) is 13.8 Å². The lowest BCUT2D eigenvalue weighted by Gasteiger charge is -2.40. The van der Waals surface area contributed by atoms with E-state index < -0.39 is 0 Å². The van der Waals surface area contributed by atoms with Crippen LogP contribution in [0.2, 0.25) is 0 Å². The Hall–Kier alpha value is -0.520. The molecule has 2 fully saturated rings. The lowest BCUT2D eigenvalue weighted by atomic mass is 9.64. The molecule has 0 aromatic carbocycles. The summed E-state index contributed by atoms with van der Waals surface area (Å²) in [5, 5.41) is 0. The van der Waals surface area contributed by atoms with Crippen molar-refractivity contribution >= 4 is 0 Å². The fraction of sp³-hybridized carbons (Fsp3) is 0.800. The van der Waals surface area contributed by atoms with Crippen LogP contribution in [0.5, 0.6) is 0 Å². The first-order chi connectivity index (χ1) is 9.83. The molecule has 0 atom stereocenters. The molecule has 3 rings (SSSR count). The Morgan fingerprint density at radius 3 is 1.65 bits per heavy atom. The van der Waals surface area contributed by atoms with E-state index >= 15 is 0 Å². The van der Waals surface area contributed by atoms with Gasteiger partial charge in [-0.15, -0.1) is 0 Å². The minimum atomic E-state index is 0.555. The molecular formula is C20H32.